The maximum Gasteiger partial charge on any atom is 0.407 e. The molecule has 2 saturated heterocycles. The van der Waals surface area contributed by atoms with Crippen LogP contribution in [0.5, 0.6) is 0 Å². The molecule has 5 heterocycles. The number of aromatic amines is 2. The number of carbonyl (C=O) groups is 4. The number of H-pyrrole nitrogens is 2. The van der Waals surface area contributed by atoms with Gasteiger partial charge in [-0.15, -0.1) is 0 Å². The first-order valence-electron chi connectivity index (χ1n) is 24.5. The number of allylic oxidation sites excluding steroid dienone is 1. The van der Waals surface area contributed by atoms with E-state index in [0.717, 1.165) is 78.3 Å². The molecule has 4 N–H and O–H groups in total. The van der Waals surface area contributed by atoms with Gasteiger partial charge in [0, 0.05) is 24.2 Å². The zero-order valence-electron chi connectivity index (χ0n) is 40.4. The molecule has 1 saturated carbocycles. The first-order chi connectivity index (χ1) is 33.3. The van der Waals surface area contributed by atoms with Gasteiger partial charge in [0.05, 0.1) is 48.2 Å². The lowest BCUT2D eigenvalue weighted by molar-refractivity contribution is -0.137. The van der Waals surface area contributed by atoms with Gasteiger partial charge in [-0.25, -0.2) is 14.8 Å². The zero-order valence-corrected chi connectivity index (χ0v) is 40.4. The van der Waals surface area contributed by atoms with Gasteiger partial charge < -0.3 is 39.7 Å². The van der Waals surface area contributed by atoms with Crippen LogP contribution in [0.15, 0.2) is 64.7 Å². The largest absolute Gasteiger partial charge is 0.453 e. The van der Waals surface area contributed by atoms with Gasteiger partial charge in [0.25, 0.3) is 5.56 Å². The number of fused-ring (bicyclic) bond motifs is 2. The molecule has 4 amide bonds. The summed E-state index contributed by atoms with van der Waals surface area (Å²) in [6.45, 7) is 15.3. The van der Waals surface area contributed by atoms with Gasteiger partial charge in [0.1, 0.15) is 23.7 Å². The number of imidazole rings is 1. The van der Waals surface area contributed by atoms with Crippen molar-refractivity contribution in [3.05, 3.63) is 111 Å². The van der Waals surface area contributed by atoms with Crippen LogP contribution >= 0.6 is 0 Å². The molecule has 5 aromatic rings. The summed E-state index contributed by atoms with van der Waals surface area (Å²) in [7, 11) is 1.28. The van der Waals surface area contributed by atoms with Crippen molar-refractivity contribution in [1.82, 2.24) is 45.5 Å². The van der Waals surface area contributed by atoms with Crippen LogP contribution in [0.4, 0.5) is 4.79 Å². The summed E-state index contributed by atoms with van der Waals surface area (Å²) >= 11 is 0. The van der Waals surface area contributed by atoms with Gasteiger partial charge >= 0.3 is 6.09 Å². The summed E-state index contributed by atoms with van der Waals surface area (Å²) < 4.78 is 10.9. The molecule has 4 aliphatic rings. The van der Waals surface area contributed by atoms with E-state index >= 15 is 0 Å². The second-order valence-electron chi connectivity index (χ2n) is 20.0. The average Bonchev–Trinajstić information content (AvgIpc) is 4.21. The second kappa shape index (κ2) is 19.3. The van der Waals surface area contributed by atoms with Gasteiger partial charge in [-0.05, 0) is 121 Å². The van der Waals surface area contributed by atoms with Crippen LogP contribution in [-0.4, -0.2) is 91.5 Å². The molecule has 1 spiro atoms. The van der Waals surface area contributed by atoms with Gasteiger partial charge in [-0.3, -0.25) is 19.2 Å². The maximum absolute atomic E-state index is 14.0. The monoisotopic (exact) mass is 937 g/mol. The molecule has 3 aromatic heterocycles. The third-order valence-electron chi connectivity index (χ3n) is 15.1. The first-order valence-corrected chi connectivity index (χ1v) is 24.5. The summed E-state index contributed by atoms with van der Waals surface area (Å²) in [6.07, 6.45) is 14.8. The lowest BCUT2D eigenvalue weighted by Crippen LogP contribution is -2.51. The Morgan fingerprint density at radius 2 is 1.57 bits per heavy atom. The fraction of sp³-hybridized carbons (Fsp3) is 0.472. The lowest BCUT2D eigenvalue weighted by Gasteiger charge is -2.30. The quantitative estimate of drug-likeness (QED) is 0.0790. The molecular formula is C53H63N9O7. The highest BCUT2D eigenvalue weighted by atomic mass is 16.5. The number of nitrogens with zero attached hydrogens (tertiary/aromatic N) is 5. The number of hydrogen-bond donors (Lipinski definition) is 4. The van der Waals surface area contributed by atoms with E-state index in [-0.39, 0.29) is 40.7 Å². The number of nitrogens with one attached hydrogen (secondary N) is 4. The number of alkyl carbamates (subject to hydrolysis) is 1. The van der Waals surface area contributed by atoms with Crippen LogP contribution in [0, 0.1) is 17.3 Å². The van der Waals surface area contributed by atoms with E-state index in [1.807, 2.05) is 58.9 Å². The third-order valence-corrected chi connectivity index (χ3v) is 15.1. The molecule has 2 aromatic carbocycles. The number of amides is 4. The predicted octanol–water partition coefficient (Wildman–Crippen LogP) is 7.95. The standard InChI is InChI=1S/C53H63N9O7/c1-8-33(41-27-54-47(58-41)42-13-11-21-61(42)51(66)45(30(4)5)59-52(67)68-7)46-39(26-56-69-46)31(6)34-16-17-35(38-25-53(24-37(34)38)19-9-10-20-53)32-15-18-40-36(23-32)49(64)60-48(57-40)43-14-12-22-62(43)50(65)44(29(2)3)55-28-63/h8,15-18,23,26-30,42-45H,6,9-14,19-22,24-25H2,1-5,7H3,(H,54,58)(H,55,63)(H,59,67)(H,57,60,64)/b33-8-/t42-,43-,44?,45-/m0/s1. The summed E-state index contributed by atoms with van der Waals surface area (Å²) in [5, 5.41) is 10.2. The molecule has 2 aliphatic heterocycles. The predicted molar refractivity (Wildman–Crippen MR) is 261 cm³/mol. The minimum Gasteiger partial charge on any atom is -0.453 e. The Bertz CT molecular complexity index is 2900. The molecule has 9 rings (SSSR count). The van der Waals surface area contributed by atoms with Crippen LogP contribution in [0.2, 0.25) is 0 Å². The smallest absolute Gasteiger partial charge is 0.407 e. The van der Waals surface area contributed by atoms with E-state index in [9.17, 15) is 24.0 Å². The van der Waals surface area contributed by atoms with E-state index in [4.69, 9.17) is 25.8 Å². The van der Waals surface area contributed by atoms with Crippen molar-refractivity contribution in [1.29, 1.82) is 0 Å². The highest BCUT2D eigenvalue weighted by molar-refractivity contribution is 5.91. The Labute approximate surface area is 401 Å². The minimum absolute atomic E-state index is 0.101. The molecular weight excluding hydrogens is 875 g/mol. The lowest BCUT2D eigenvalue weighted by atomic mass is 9.82. The van der Waals surface area contributed by atoms with Gasteiger partial charge in [-0.2, -0.15) is 0 Å². The number of hydrogen-bond acceptors (Lipinski definition) is 10. The van der Waals surface area contributed by atoms with E-state index in [1.165, 1.54) is 31.1 Å². The van der Waals surface area contributed by atoms with Crippen molar-refractivity contribution in [2.45, 2.75) is 123 Å². The van der Waals surface area contributed by atoms with Gasteiger partial charge in [0.15, 0.2) is 5.76 Å². The topological polar surface area (TPSA) is 209 Å². The van der Waals surface area contributed by atoms with E-state index in [1.54, 1.807) is 22.2 Å². The molecule has 2 aliphatic carbocycles. The van der Waals surface area contributed by atoms with E-state index in [2.05, 4.69) is 37.9 Å². The molecule has 3 fully saturated rings. The summed E-state index contributed by atoms with van der Waals surface area (Å²) in [6, 6.07) is 8.07. The number of carbonyl (C=O) groups excluding carboxylic acids is 4. The Kier molecular flexibility index (Phi) is 13.2. The fourth-order valence-corrected chi connectivity index (χ4v) is 11.6. The van der Waals surface area contributed by atoms with Crippen molar-refractivity contribution < 1.29 is 28.4 Å². The van der Waals surface area contributed by atoms with Crippen molar-refractivity contribution in [2.75, 3.05) is 20.2 Å². The normalized spacial score (nSPS) is 19.7. The number of likely N-dealkylation sites (tertiary alicyclic amines) is 2. The Morgan fingerprint density at radius 1 is 0.884 bits per heavy atom. The number of benzene rings is 2. The fourth-order valence-electron chi connectivity index (χ4n) is 11.6. The van der Waals surface area contributed by atoms with Crippen molar-refractivity contribution in [2.24, 2.45) is 17.3 Å². The van der Waals surface area contributed by atoms with Gasteiger partial charge in [0.2, 0.25) is 18.2 Å². The van der Waals surface area contributed by atoms with Crippen LogP contribution < -0.4 is 16.2 Å². The highest BCUT2D eigenvalue weighted by Crippen LogP contribution is 2.53. The average molecular weight is 938 g/mol. The molecule has 0 radical (unpaired) electrons. The molecule has 69 heavy (non-hydrogen) atoms. The molecule has 16 heteroatoms. The SMILES string of the molecule is C=C(c1cnoc1/C(=C\C)c1cnc([C@@H]2CCCN2C(=O)[C@@H](NC(=O)OC)C(C)C)[nH]1)c1ccc(-c2ccc3nc([C@@H]4CCCN4C(=O)C(NC=O)C(C)C)[nH]c(=O)c3c2)c2c1CC1(CCCC1)C2. The minimum atomic E-state index is -0.741. The number of aromatic nitrogens is 5. The molecule has 362 valence electrons. The van der Waals surface area contributed by atoms with Crippen molar-refractivity contribution in [3.8, 4) is 11.1 Å². The van der Waals surface area contributed by atoms with Crippen molar-refractivity contribution in [3.63, 3.8) is 0 Å². The number of rotatable bonds is 14. The van der Waals surface area contributed by atoms with Crippen molar-refractivity contribution >= 4 is 46.4 Å². The molecule has 0 bridgehead atoms. The zero-order chi connectivity index (χ0) is 48.7. The van der Waals surface area contributed by atoms with Crippen LogP contribution in [0.3, 0.4) is 0 Å². The summed E-state index contributed by atoms with van der Waals surface area (Å²) in [5.74, 6) is 1.04. The second-order valence-corrected chi connectivity index (χ2v) is 20.0. The Morgan fingerprint density at radius 3 is 2.23 bits per heavy atom. The Hall–Kier alpha value is -6.84. The number of ether oxygens (including phenoxy) is 1. The maximum atomic E-state index is 14.0. The molecule has 16 nitrogen and oxygen atoms in total. The highest BCUT2D eigenvalue weighted by Gasteiger charge is 2.43. The third kappa shape index (κ3) is 8.78. The first kappa shape index (κ1) is 47.2. The number of methoxy groups -OCH3 is 1. The van der Waals surface area contributed by atoms with E-state index < -0.39 is 24.2 Å². The molecule has 1 unspecified atom stereocenters. The van der Waals surface area contributed by atoms with E-state index in [0.29, 0.717) is 59.9 Å². The van der Waals surface area contributed by atoms with Crippen LogP contribution in [0.1, 0.15) is 143 Å². The van der Waals surface area contributed by atoms with Gasteiger partial charge in [-0.1, -0.05) is 76.5 Å². The van der Waals surface area contributed by atoms with Crippen LogP contribution in [-0.2, 0) is 32.0 Å². The summed E-state index contributed by atoms with van der Waals surface area (Å²) in [5.41, 5.74) is 9.03. The molecule has 4 atom stereocenters. The van der Waals surface area contributed by atoms with Crippen LogP contribution in [0.25, 0.3) is 33.2 Å². The Balaban J connectivity index is 1.00. The summed E-state index contributed by atoms with van der Waals surface area (Å²) in [4.78, 5) is 84.7.